The topological polar surface area (TPSA) is 119 Å². The van der Waals surface area contributed by atoms with E-state index in [2.05, 4.69) is 29.4 Å². The van der Waals surface area contributed by atoms with Crippen molar-refractivity contribution < 1.29 is 9.18 Å². The molecule has 6 heterocycles. The Labute approximate surface area is 219 Å². The number of pyridine rings is 2. The van der Waals surface area contributed by atoms with E-state index in [-0.39, 0.29) is 30.7 Å². The number of fused-ring (bicyclic) bond motifs is 1. The Morgan fingerprint density at radius 1 is 0.974 bits per heavy atom. The van der Waals surface area contributed by atoms with Crippen molar-refractivity contribution >= 4 is 23.0 Å². The Bertz CT molecular complexity index is 1410. The minimum atomic E-state index is -1.83. The van der Waals surface area contributed by atoms with E-state index < -0.39 is 5.67 Å². The summed E-state index contributed by atoms with van der Waals surface area (Å²) in [6.07, 6.45) is 8.66. The van der Waals surface area contributed by atoms with E-state index in [1.165, 1.54) is 0 Å². The predicted molar refractivity (Wildman–Crippen MR) is 140 cm³/mol. The zero-order valence-electron chi connectivity index (χ0n) is 21.1. The van der Waals surface area contributed by atoms with Crippen LogP contribution < -0.4 is 5.73 Å². The SMILES string of the molecule is Nc1ncc(CN2CCC(F)(C(=O)N3CCC(n4c(-c5ccccn5)nc5ncccc54)CC3)CC2)cn1. The van der Waals surface area contributed by atoms with Crippen molar-refractivity contribution in [2.75, 3.05) is 31.9 Å². The lowest BCUT2D eigenvalue weighted by Crippen LogP contribution is -2.53. The quantitative estimate of drug-likeness (QED) is 0.431. The second-order valence-electron chi connectivity index (χ2n) is 10.1. The highest BCUT2D eigenvalue weighted by Crippen LogP contribution is 2.35. The van der Waals surface area contributed by atoms with Gasteiger partial charge in [0.2, 0.25) is 5.95 Å². The molecule has 2 fully saturated rings. The molecule has 4 aromatic rings. The molecule has 1 amide bonds. The molecule has 0 spiro atoms. The van der Waals surface area contributed by atoms with Gasteiger partial charge in [0.15, 0.2) is 17.1 Å². The molecule has 2 N–H and O–H groups in total. The number of aromatic nitrogens is 6. The van der Waals surface area contributed by atoms with Gasteiger partial charge < -0.3 is 15.2 Å². The summed E-state index contributed by atoms with van der Waals surface area (Å²) in [6.45, 7) is 2.63. The summed E-state index contributed by atoms with van der Waals surface area (Å²) in [5.74, 6) is 0.619. The van der Waals surface area contributed by atoms with Gasteiger partial charge in [0.25, 0.3) is 5.91 Å². The summed E-state index contributed by atoms with van der Waals surface area (Å²) in [5.41, 5.74) is 7.05. The molecule has 0 bridgehead atoms. The van der Waals surface area contributed by atoms with Gasteiger partial charge in [-0.3, -0.25) is 14.7 Å². The Morgan fingerprint density at radius 2 is 1.71 bits per heavy atom. The molecule has 196 valence electrons. The minimum Gasteiger partial charge on any atom is -0.368 e. The Balaban J connectivity index is 1.12. The number of nitrogen functional groups attached to an aromatic ring is 1. The average molecular weight is 516 g/mol. The molecule has 2 aliphatic heterocycles. The highest BCUT2D eigenvalue weighted by Gasteiger charge is 2.45. The monoisotopic (exact) mass is 515 g/mol. The van der Waals surface area contributed by atoms with Gasteiger partial charge in [-0.05, 0) is 37.1 Å². The standard InChI is InChI=1S/C27H30FN9O/c28-27(8-14-35(15-9-27)18-19-16-32-26(29)33-17-19)25(38)36-12-6-20(7-13-36)37-22-5-3-11-31-23(22)34-24(37)21-4-1-2-10-30-21/h1-5,10-11,16-17,20H,6-9,12-15,18H2,(H2,29,32,33). The van der Waals surface area contributed by atoms with Crippen LogP contribution in [0.1, 0.15) is 37.3 Å². The van der Waals surface area contributed by atoms with Crippen molar-refractivity contribution in [3.63, 3.8) is 0 Å². The van der Waals surface area contributed by atoms with Crippen molar-refractivity contribution in [2.24, 2.45) is 0 Å². The third kappa shape index (κ3) is 4.69. The van der Waals surface area contributed by atoms with E-state index in [0.717, 1.165) is 22.6 Å². The van der Waals surface area contributed by atoms with E-state index in [1.807, 2.05) is 30.3 Å². The van der Waals surface area contributed by atoms with E-state index >= 15 is 4.39 Å². The number of amides is 1. The molecule has 0 radical (unpaired) electrons. The third-order valence-electron chi connectivity index (χ3n) is 7.64. The van der Waals surface area contributed by atoms with E-state index in [9.17, 15) is 4.79 Å². The maximum absolute atomic E-state index is 15.9. The van der Waals surface area contributed by atoms with Crippen molar-refractivity contribution in [1.29, 1.82) is 0 Å². The Kier molecular flexibility index (Phi) is 6.44. The molecule has 0 saturated carbocycles. The lowest BCUT2D eigenvalue weighted by molar-refractivity contribution is -0.148. The Hall–Kier alpha value is -3.99. The van der Waals surface area contributed by atoms with Crippen LogP contribution in [-0.2, 0) is 11.3 Å². The predicted octanol–water partition coefficient (Wildman–Crippen LogP) is 3.03. The highest BCUT2D eigenvalue weighted by atomic mass is 19.1. The van der Waals surface area contributed by atoms with Crippen molar-refractivity contribution in [3.05, 3.63) is 60.7 Å². The van der Waals surface area contributed by atoms with Crippen molar-refractivity contribution in [2.45, 2.75) is 43.9 Å². The molecule has 38 heavy (non-hydrogen) atoms. The molecular weight excluding hydrogens is 485 g/mol. The molecule has 0 atom stereocenters. The van der Waals surface area contributed by atoms with Gasteiger partial charge in [0, 0.05) is 82.0 Å². The number of halogens is 1. The molecule has 4 aromatic heterocycles. The van der Waals surface area contributed by atoms with Gasteiger partial charge in [-0.2, -0.15) is 0 Å². The van der Waals surface area contributed by atoms with Crippen LogP contribution >= 0.6 is 0 Å². The van der Waals surface area contributed by atoms with Gasteiger partial charge in [0.1, 0.15) is 5.69 Å². The van der Waals surface area contributed by atoms with Gasteiger partial charge in [-0.15, -0.1) is 0 Å². The molecule has 10 nitrogen and oxygen atoms in total. The number of likely N-dealkylation sites (tertiary alicyclic amines) is 2. The summed E-state index contributed by atoms with van der Waals surface area (Å²) >= 11 is 0. The van der Waals surface area contributed by atoms with E-state index in [0.29, 0.717) is 51.2 Å². The first-order chi connectivity index (χ1) is 18.5. The van der Waals surface area contributed by atoms with Crippen molar-refractivity contribution in [3.8, 4) is 11.5 Å². The van der Waals surface area contributed by atoms with Crippen LogP contribution in [0.15, 0.2) is 55.1 Å². The van der Waals surface area contributed by atoms with E-state index in [4.69, 9.17) is 10.7 Å². The summed E-state index contributed by atoms with van der Waals surface area (Å²) in [4.78, 5) is 38.9. The number of hydrogen-bond acceptors (Lipinski definition) is 8. The normalized spacial score (nSPS) is 18.6. The second-order valence-corrected chi connectivity index (χ2v) is 10.1. The number of piperidine rings is 2. The summed E-state index contributed by atoms with van der Waals surface area (Å²) in [7, 11) is 0. The number of rotatable bonds is 5. The van der Waals surface area contributed by atoms with Crippen molar-refractivity contribution in [1.82, 2.24) is 39.3 Å². The number of carbonyl (C=O) groups is 1. The highest BCUT2D eigenvalue weighted by molar-refractivity contribution is 5.85. The molecule has 6 rings (SSSR count). The average Bonchev–Trinajstić information content (AvgIpc) is 3.35. The largest absolute Gasteiger partial charge is 0.368 e. The number of imidazole rings is 1. The van der Waals surface area contributed by atoms with E-state index in [1.54, 1.807) is 29.7 Å². The summed E-state index contributed by atoms with van der Waals surface area (Å²) < 4.78 is 18.1. The van der Waals surface area contributed by atoms with Gasteiger partial charge in [-0.25, -0.2) is 24.3 Å². The molecule has 0 unspecified atom stereocenters. The molecule has 0 aromatic carbocycles. The van der Waals surface area contributed by atoms with Crippen LogP contribution in [0, 0.1) is 0 Å². The Morgan fingerprint density at radius 3 is 2.42 bits per heavy atom. The van der Waals surface area contributed by atoms with Gasteiger partial charge >= 0.3 is 0 Å². The fourth-order valence-corrected chi connectivity index (χ4v) is 5.57. The number of hydrogen-bond donors (Lipinski definition) is 1. The zero-order chi connectivity index (χ0) is 26.1. The number of anilines is 1. The van der Waals surface area contributed by atoms with Crippen LogP contribution in [0.3, 0.4) is 0 Å². The van der Waals surface area contributed by atoms with Crippen LogP contribution in [-0.4, -0.2) is 77.0 Å². The first-order valence-corrected chi connectivity index (χ1v) is 13.0. The third-order valence-corrected chi connectivity index (χ3v) is 7.64. The number of nitrogens with two attached hydrogens (primary N) is 1. The molecule has 2 saturated heterocycles. The van der Waals surface area contributed by atoms with Crippen LogP contribution in [0.4, 0.5) is 10.3 Å². The fourth-order valence-electron chi connectivity index (χ4n) is 5.57. The minimum absolute atomic E-state index is 0.116. The first kappa shape index (κ1) is 24.4. The number of carbonyl (C=O) groups excluding carboxylic acids is 1. The lowest BCUT2D eigenvalue weighted by atomic mass is 9.90. The van der Waals surface area contributed by atoms with Gasteiger partial charge in [0.05, 0.1) is 5.52 Å². The second kappa shape index (κ2) is 10.1. The van der Waals surface area contributed by atoms with Crippen LogP contribution in [0.2, 0.25) is 0 Å². The first-order valence-electron chi connectivity index (χ1n) is 13.0. The summed E-state index contributed by atoms with van der Waals surface area (Å²) in [6, 6.07) is 9.79. The zero-order valence-corrected chi connectivity index (χ0v) is 21.1. The molecule has 11 heteroatoms. The fraction of sp³-hybridized carbons (Fsp3) is 0.407. The summed E-state index contributed by atoms with van der Waals surface area (Å²) in [5, 5.41) is 0. The van der Waals surface area contributed by atoms with Crippen LogP contribution in [0.5, 0.6) is 0 Å². The molecule has 0 aliphatic carbocycles. The number of nitrogens with zero attached hydrogens (tertiary/aromatic N) is 8. The smallest absolute Gasteiger partial charge is 0.260 e. The van der Waals surface area contributed by atoms with Gasteiger partial charge in [-0.1, -0.05) is 6.07 Å². The molecular formula is C27H30FN9O. The maximum atomic E-state index is 15.9. The van der Waals surface area contributed by atoms with Crippen LogP contribution in [0.25, 0.3) is 22.7 Å². The molecule has 2 aliphatic rings. The lowest BCUT2D eigenvalue weighted by Gasteiger charge is -2.40. The maximum Gasteiger partial charge on any atom is 0.260 e. The number of alkyl halides is 1.